The molecule has 1 aliphatic carbocycles. The van der Waals surface area contributed by atoms with Gasteiger partial charge in [0.05, 0.1) is 29.3 Å². The van der Waals surface area contributed by atoms with Gasteiger partial charge in [-0.3, -0.25) is 29.4 Å². The summed E-state index contributed by atoms with van der Waals surface area (Å²) in [6.07, 6.45) is 6.53. The molecule has 1 unspecified atom stereocenters. The number of fused-ring (bicyclic) bond motifs is 1. The van der Waals surface area contributed by atoms with Crippen LogP contribution in [0.1, 0.15) is 76.8 Å². The van der Waals surface area contributed by atoms with Crippen LogP contribution in [-0.4, -0.2) is 95.9 Å². The lowest BCUT2D eigenvalue weighted by Gasteiger charge is -2.36. The molecule has 1 saturated carbocycles. The number of carbonyl (C=O) groups excluding carboxylic acids is 4. The van der Waals surface area contributed by atoms with Gasteiger partial charge in [-0.25, -0.2) is 4.98 Å². The number of amides is 4. The van der Waals surface area contributed by atoms with Gasteiger partial charge in [0.2, 0.25) is 11.8 Å². The molecule has 0 radical (unpaired) electrons. The average molecular weight is 740 g/mol. The SMILES string of the molecule is N#Cc1ccc(O[C@H]2C[C@H](NC(=O)c3ccc(N4CCN(CCCCCOc5cccc6c5CN(C5CCC(=O)NC5=O)C6=O)CC4)nc3)C2)cc1Cl. The molecule has 2 N–H and O–H groups in total. The summed E-state index contributed by atoms with van der Waals surface area (Å²) < 4.78 is 12.0. The molecule has 1 atom stereocenters. The highest BCUT2D eigenvalue weighted by Gasteiger charge is 2.40. The van der Waals surface area contributed by atoms with Gasteiger partial charge in [0.1, 0.15) is 35.5 Å². The Morgan fingerprint density at radius 1 is 1.04 bits per heavy atom. The summed E-state index contributed by atoms with van der Waals surface area (Å²) >= 11 is 6.10. The molecule has 1 aromatic heterocycles. The zero-order chi connectivity index (χ0) is 36.9. The van der Waals surface area contributed by atoms with Crippen LogP contribution in [-0.2, 0) is 16.1 Å². The van der Waals surface area contributed by atoms with E-state index in [1.54, 1.807) is 41.4 Å². The number of ether oxygens (including phenoxy) is 2. The molecule has 0 spiro atoms. The molecule has 0 bridgehead atoms. The number of rotatable bonds is 13. The van der Waals surface area contributed by atoms with E-state index in [1.165, 1.54) is 0 Å². The number of piperidine rings is 1. The van der Waals surface area contributed by atoms with Crippen molar-refractivity contribution >= 4 is 41.0 Å². The molecule has 3 aromatic rings. The van der Waals surface area contributed by atoms with Crippen LogP contribution in [0.2, 0.25) is 5.02 Å². The molecule has 2 aromatic carbocycles. The first-order chi connectivity index (χ1) is 25.7. The van der Waals surface area contributed by atoms with E-state index in [0.29, 0.717) is 65.6 Å². The largest absolute Gasteiger partial charge is 0.493 e. The molecular weight excluding hydrogens is 698 g/mol. The standard InChI is InChI=1S/C39H42ClN7O6/c40-32-21-28(9-7-25(32)22-41)53-29-19-27(20-29)43-37(49)26-8-11-35(42-23-26)46-16-14-45(15-17-46)13-2-1-3-18-52-34-6-4-5-30-31(34)24-47(39(30)51)33-10-12-36(48)44-38(33)50/h4-9,11,21,23,27,29,33H,1-3,10,12-20,24H2,(H,43,49)(H,44,48,50)/t27-,29-,33?. The van der Waals surface area contributed by atoms with Gasteiger partial charge in [-0.05, 0) is 68.6 Å². The molecule has 14 heteroatoms. The summed E-state index contributed by atoms with van der Waals surface area (Å²) in [6, 6.07) is 15.6. The summed E-state index contributed by atoms with van der Waals surface area (Å²) in [4.78, 5) is 60.7. The molecular formula is C39H42ClN7O6. The van der Waals surface area contributed by atoms with Crippen molar-refractivity contribution in [3.63, 3.8) is 0 Å². The number of nitriles is 1. The zero-order valence-electron chi connectivity index (χ0n) is 29.4. The monoisotopic (exact) mass is 739 g/mol. The van der Waals surface area contributed by atoms with E-state index in [0.717, 1.165) is 63.4 Å². The maximum absolute atomic E-state index is 13.1. The van der Waals surface area contributed by atoms with E-state index in [4.69, 9.17) is 26.3 Å². The third-order valence-corrected chi connectivity index (χ3v) is 10.7. The van der Waals surface area contributed by atoms with E-state index in [-0.39, 0.29) is 36.3 Å². The molecule has 4 heterocycles. The van der Waals surface area contributed by atoms with Crippen LogP contribution in [0.4, 0.5) is 5.82 Å². The predicted molar refractivity (Wildman–Crippen MR) is 196 cm³/mol. The van der Waals surface area contributed by atoms with Crippen molar-refractivity contribution in [1.29, 1.82) is 5.26 Å². The van der Waals surface area contributed by atoms with Crippen LogP contribution in [0.3, 0.4) is 0 Å². The fraction of sp³-hybridized carbons (Fsp3) is 0.436. The molecule has 276 valence electrons. The van der Waals surface area contributed by atoms with Crippen molar-refractivity contribution in [1.82, 2.24) is 25.4 Å². The highest BCUT2D eigenvalue weighted by atomic mass is 35.5. The van der Waals surface area contributed by atoms with E-state index >= 15 is 0 Å². The van der Waals surface area contributed by atoms with Crippen LogP contribution >= 0.6 is 11.6 Å². The van der Waals surface area contributed by atoms with Gasteiger partial charge in [0.25, 0.3) is 11.8 Å². The molecule has 3 aliphatic heterocycles. The van der Waals surface area contributed by atoms with Crippen LogP contribution in [0.25, 0.3) is 0 Å². The lowest BCUT2D eigenvalue weighted by atomic mass is 9.89. The first-order valence-electron chi connectivity index (χ1n) is 18.3. The average Bonchev–Trinajstić information content (AvgIpc) is 3.48. The van der Waals surface area contributed by atoms with Crippen LogP contribution < -0.4 is 25.0 Å². The van der Waals surface area contributed by atoms with Crippen LogP contribution in [0.15, 0.2) is 54.7 Å². The number of carbonyl (C=O) groups is 4. The van der Waals surface area contributed by atoms with Crippen molar-refractivity contribution in [2.75, 3.05) is 44.2 Å². The first-order valence-corrected chi connectivity index (χ1v) is 18.6. The Balaban J connectivity index is 0.771. The van der Waals surface area contributed by atoms with Crippen LogP contribution in [0, 0.1) is 11.3 Å². The van der Waals surface area contributed by atoms with Gasteiger partial charge < -0.3 is 24.6 Å². The number of aromatic nitrogens is 1. The lowest BCUT2D eigenvalue weighted by molar-refractivity contribution is -0.136. The summed E-state index contributed by atoms with van der Waals surface area (Å²) in [7, 11) is 0. The minimum atomic E-state index is -0.643. The number of halogens is 1. The summed E-state index contributed by atoms with van der Waals surface area (Å²) in [5, 5.41) is 14.8. The van der Waals surface area contributed by atoms with Crippen molar-refractivity contribution < 1.29 is 28.7 Å². The summed E-state index contributed by atoms with van der Waals surface area (Å²) in [5.74, 6) is 1.09. The lowest BCUT2D eigenvalue weighted by Crippen LogP contribution is -2.52. The second-order valence-corrected chi connectivity index (χ2v) is 14.4. The summed E-state index contributed by atoms with van der Waals surface area (Å²) in [5.41, 5.74) is 2.29. The molecule has 7 rings (SSSR count). The number of nitrogens with one attached hydrogen (secondary N) is 2. The number of pyridine rings is 1. The van der Waals surface area contributed by atoms with E-state index in [1.807, 2.05) is 24.3 Å². The van der Waals surface area contributed by atoms with Crippen LogP contribution in [0.5, 0.6) is 11.5 Å². The van der Waals surface area contributed by atoms with Gasteiger partial charge in [-0.15, -0.1) is 0 Å². The Morgan fingerprint density at radius 2 is 1.87 bits per heavy atom. The number of anilines is 1. The third kappa shape index (κ3) is 8.40. The third-order valence-electron chi connectivity index (χ3n) is 10.4. The maximum atomic E-state index is 13.1. The number of hydrogen-bond donors (Lipinski definition) is 2. The number of hydrogen-bond acceptors (Lipinski definition) is 10. The van der Waals surface area contributed by atoms with Crippen molar-refractivity contribution in [2.24, 2.45) is 0 Å². The Hall–Kier alpha value is -5.19. The topological polar surface area (TPSA) is 157 Å². The van der Waals surface area contributed by atoms with E-state index < -0.39 is 11.9 Å². The van der Waals surface area contributed by atoms with Crippen molar-refractivity contribution in [3.05, 3.63) is 82.0 Å². The second kappa shape index (κ2) is 16.2. The van der Waals surface area contributed by atoms with Gasteiger partial charge in [0.15, 0.2) is 0 Å². The smallest absolute Gasteiger partial charge is 0.255 e. The Bertz CT molecular complexity index is 1900. The first kappa shape index (κ1) is 36.2. The fourth-order valence-corrected chi connectivity index (χ4v) is 7.51. The van der Waals surface area contributed by atoms with Gasteiger partial charge in [0, 0.05) is 74.9 Å². The number of unbranched alkanes of at least 4 members (excludes halogenated alkanes) is 2. The van der Waals surface area contributed by atoms with Gasteiger partial charge >= 0.3 is 0 Å². The minimum absolute atomic E-state index is 0.0182. The van der Waals surface area contributed by atoms with Crippen molar-refractivity contribution in [3.8, 4) is 17.6 Å². The molecule has 2 saturated heterocycles. The van der Waals surface area contributed by atoms with Gasteiger partial charge in [-0.1, -0.05) is 17.7 Å². The second-order valence-electron chi connectivity index (χ2n) is 14.0. The molecule has 4 aliphatic rings. The number of piperazine rings is 1. The highest BCUT2D eigenvalue weighted by molar-refractivity contribution is 6.31. The summed E-state index contributed by atoms with van der Waals surface area (Å²) in [6.45, 7) is 5.45. The normalized spacial score (nSPS) is 21.4. The number of imide groups is 1. The predicted octanol–water partition coefficient (Wildman–Crippen LogP) is 4.08. The molecule has 53 heavy (non-hydrogen) atoms. The van der Waals surface area contributed by atoms with E-state index in [9.17, 15) is 19.2 Å². The fourth-order valence-electron chi connectivity index (χ4n) is 7.30. The Kier molecular flexibility index (Phi) is 11.1. The van der Waals surface area contributed by atoms with Crippen molar-refractivity contribution in [2.45, 2.75) is 69.7 Å². The molecule has 4 amide bonds. The minimum Gasteiger partial charge on any atom is -0.493 e. The number of nitrogens with zero attached hydrogens (tertiary/aromatic N) is 5. The quantitative estimate of drug-likeness (QED) is 0.194. The Labute approximate surface area is 313 Å². The number of benzene rings is 2. The Morgan fingerprint density at radius 3 is 2.60 bits per heavy atom. The maximum Gasteiger partial charge on any atom is 0.255 e. The van der Waals surface area contributed by atoms with Gasteiger partial charge in [-0.2, -0.15) is 5.26 Å². The van der Waals surface area contributed by atoms with E-state index in [2.05, 4.69) is 25.4 Å². The molecule has 13 nitrogen and oxygen atoms in total. The molecule has 3 fully saturated rings. The zero-order valence-corrected chi connectivity index (χ0v) is 30.1. The highest BCUT2D eigenvalue weighted by Crippen LogP contribution is 2.34.